The molecule has 4 nitrogen and oxygen atoms in total. The lowest BCUT2D eigenvalue weighted by atomic mass is 10.0. The number of carboxylic acid groups (broad SMARTS) is 1. The highest BCUT2D eigenvalue weighted by atomic mass is 16.4. The summed E-state index contributed by atoms with van der Waals surface area (Å²) in [5.74, 6) is -0.170. The standard InChI is InChI=1S/C11H19NO3/c13-10(8-9-4-1-2-5-9)12-7-3-6-11(14)15/h9H,1-8H2,(H,12,13)(H,14,15). The van der Waals surface area contributed by atoms with Crippen molar-refractivity contribution in [3.63, 3.8) is 0 Å². The predicted octanol–water partition coefficient (Wildman–Crippen LogP) is 1.55. The molecule has 86 valence electrons. The van der Waals surface area contributed by atoms with Crippen LogP contribution in [0.4, 0.5) is 0 Å². The average Bonchev–Trinajstić information content (AvgIpc) is 2.64. The van der Waals surface area contributed by atoms with E-state index in [0.29, 0.717) is 25.3 Å². The first kappa shape index (κ1) is 12.0. The molecule has 0 spiro atoms. The summed E-state index contributed by atoms with van der Waals surface area (Å²) >= 11 is 0. The van der Waals surface area contributed by atoms with Gasteiger partial charge in [0.05, 0.1) is 0 Å². The van der Waals surface area contributed by atoms with Gasteiger partial charge in [-0.15, -0.1) is 0 Å². The second-order valence-electron chi connectivity index (χ2n) is 4.20. The van der Waals surface area contributed by atoms with E-state index in [-0.39, 0.29) is 12.3 Å². The minimum atomic E-state index is -0.806. The molecule has 0 aromatic heterocycles. The van der Waals surface area contributed by atoms with Gasteiger partial charge in [0.15, 0.2) is 0 Å². The van der Waals surface area contributed by atoms with E-state index in [1.807, 2.05) is 0 Å². The van der Waals surface area contributed by atoms with E-state index in [2.05, 4.69) is 5.32 Å². The molecule has 15 heavy (non-hydrogen) atoms. The molecule has 4 heteroatoms. The highest BCUT2D eigenvalue weighted by Crippen LogP contribution is 2.27. The Morgan fingerprint density at radius 2 is 1.93 bits per heavy atom. The Bertz CT molecular complexity index is 222. The predicted molar refractivity (Wildman–Crippen MR) is 56.5 cm³/mol. The summed E-state index contributed by atoms with van der Waals surface area (Å²) in [4.78, 5) is 21.6. The van der Waals surface area contributed by atoms with Crippen LogP contribution in [0.15, 0.2) is 0 Å². The lowest BCUT2D eigenvalue weighted by Crippen LogP contribution is -2.26. The van der Waals surface area contributed by atoms with Crippen LogP contribution in [0, 0.1) is 5.92 Å². The number of carbonyl (C=O) groups is 2. The summed E-state index contributed by atoms with van der Waals surface area (Å²) in [5, 5.41) is 11.2. The fourth-order valence-electron chi connectivity index (χ4n) is 2.02. The second kappa shape index (κ2) is 6.43. The number of aliphatic carboxylic acids is 1. The Balaban J connectivity index is 2.00. The van der Waals surface area contributed by atoms with Crippen LogP contribution >= 0.6 is 0 Å². The van der Waals surface area contributed by atoms with Crippen LogP contribution in [0.3, 0.4) is 0 Å². The maximum Gasteiger partial charge on any atom is 0.303 e. The molecule has 1 aliphatic rings. The first-order valence-corrected chi connectivity index (χ1v) is 5.67. The van der Waals surface area contributed by atoms with Crippen LogP contribution in [0.1, 0.15) is 44.9 Å². The molecule has 1 saturated carbocycles. The molecule has 1 aliphatic carbocycles. The van der Waals surface area contributed by atoms with Gasteiger partial charge in [-0.3, -0.25) is 9.59 Å². The quantitative estimate of drug-likeness (QED) is 0.658. The number of amides is 1. The highest BCUT2D eigenvalue weighted by molar-refractivity contribution is 5.76. The maximum absolute atomic E-state index is 11.4. The minimum absolute atomic E-state index is 0.0762. The van der Waals surface area contributed by atoms with Crippen molar-refractivity contribution in [1.82, 2.24) is 5.32 Å². The molecule has 0 radical (unpaired) electrons. The number of hydrogen-bond acceptors (Lipinski definition) is 2. The first-order chi connectivity index (χ1) is 7.18. The third-order valence-corrected chi connectivity index (χ3v) is 2.84. The molecular formula is C11H19NO3. The monoisotopic (exact) mass is 213 g/mol. The van der Waals surface area contributed by atoms with Crippen molar-refractivity contribution in [1.29, 1.82) is 0 Å². The Morgan fingerprint density at radius 1 is 1.27 bits per heavy atom. The number of rotatable bonds is 6. The minimum Gasteiger partial charge on any atom is -0.481 e. The zero-order valence-electron chi connectivity index (χ0n) is 9.00. The zero-order chi connectivity index (χ0) is 11.1. The molecule has 0 aromatic rings. The third kappa shape index (κ3) is 5.40. The fourth-order valence-corrected chi connectivity index (χ4v) is 2.02. The fraction of sp³-hybridized carbons (Fsp3) is 0.818. The van der Waals surface area contributed by atoms with Crippen molar-refractivity contribution >= 4 is 11.9 Å². The summed E-state index contributed by atoms with van der Waals surface area (Å²) in [6.45, 7) is 0.484. The van der Waals surface area contributed by atoms with Gasteiger partial charge in [-0.25, -0.2) is 0 Å². The molecule has 1 rings (SSSR count). The molecule has 0 bridgehead atoms. The molecule has 0 atom stereocenters. The lowest BCUT2D eigenvalue weighted by Gasteiger charge is -2.08. The van der Waals surface area contributed by atoms with Gasteiger partial charge in [0.25, 0.3) is 0 Å². The van der Waals surface area contributed by atoms with Gasteiger partial charge in [0.1, 0.15) is 0 Å². The molecular weight excluding hydrogens is 194 g/mol. The largest absolute Gasteiger partial charge is 0.481 e. The van der Waals surface area contributed by atoms with Gasteiger partial charge in [-0.2, -0.15) is 0 Å². The molecule has 0 heterocycles. The molecule has 2 N–H and O–H groups in total. The molecule has 0 unspecified atom stereocenters. The summed E-state index contributed by atoms with van der Waals surface area (Å²) in [5.41, 5.74) is 0. The molecule has 0 aliphatic heterocycles. The summed E-state index contributed by atoms with van der Waals surface area (Å²) in [6, 6.07) is 0. The van der Waals surface area contributed by atoms with E-state index in [1.165, 1.54) is 25.7 Å². The van der Waals surface area contributed by atoms with Crippen LogP contribution in [-0.2, 0) is 9.59 Å². The van der Waals surface area contributed by atoms with Gasteiger partial charge in [-0.1, -0.05) is 12.8 Å². The van der Waals surface area contributed by atoms with Gasteiger partial charge in [0.2, 0.25) is 5.91 Å². The van der Waals surface area contributed by atoms with Crippen molar-refractivity contribution in [2.24, 2.45) is 5.92 Å². The summed E-state index contributed by atoms with van der Waals surface area (Å²) in [7, 11) is 0. The van der Waals surface area contributed by atoms with Gasteiger partial charge >= 0.3 is 5.97 Å². The molecule has 1 amide bonds. The van der Waals surface area contributed by atoms with Crippen molar-refractivity contribution in [3.8, 4) is 0 Å². The van der Waals surface area contributed by atoms with E-state index in [1.54, 1.807) is 0 Å². The SMILES string of the molecule is O=C(O)CCCNC(=O)CC1CCCC1. The highest BCUT2D eigenvalue weighted by Gasteiger charge is 2.17. The normalized spacial score (nSPS) is 16.5. The summed E-state index contributed by atoms with van der Waals surface area (Å²) < 4.78 is 0. The Kier molecular flexibility index (Phi) is 5.15. The Labute approximate surface area is 90.0 Å². The van der Waals surface area contributed by atoms with E-state index < -0.39 is 5.97 Å². The van der Waals surface area contributed by atoms with Gasteiger partial charge < -0.3 is 10.4 Å². The zero-order valence-corrected chi connectivity index (χ0v) is 9.00. The van der Waals surface area contributed by atoms with Gasteiger partial charge in [0, 0.05) is 19.4 Å². The number of hydrogen-bond donors (Lipinski definition) is 2. The van der Waals surface area contributed by atoms with Crippen LogP contribution in [0.25, 0.3) is 0 Å². The second-order valence-corrected chi connectivity index (χ2v) is 4.20. The number of carboxylic acids is 1. The lowest BCUT2D eigenvalue weighted by molar-refractivity contribution is -0.137. The Hall–Kier alpha value is -1.06. The van der Waals surface area contributed by atoms with E-state index >= 15 is 0 Å². The number of carbonyl (C=O) groups excluding carboxylic acids is 1. The van der Waals surface area contributed by atoms with Crippen molar-refractivity contribution < 1.29 is 14.7 Å². The topological polar surface area (TPSA) is 66.4 Å². The van der Waals surface area contributed by atoms with E-state index in [0.717, 1.165) is 0 Å². The van der Waals surface area contributed by atoms with Crippen LogP contribution in [-0.4, -0.2) is 23.5 Å². The van der Waals surface area contributed by atoms with E-state index in [9.17, 15) is 9.59 Å². The van der Waals surface area contributed by atoms with Crippen LogP contribution < -0.4 is 5.32 Å². The number of nitrogens with one attached hydrogen (secondary N) is 1. The summed E-state index contributed by atoms with van der Waals surface area (Å²) in [6.07, 6.45) is 6.10. The van der Waals surface area contributed by atoms with Gasteiger partial charge in [-0.05, 0) is 25.2 Å². The molecule has 0 aromatic carbocycles. The maximum atomic E-state index is 11.4. The Morgan fingerprint density at radius 3 is 2.53 bits per heavy atom. The van der Waals surface area contributed by atoms with Crippen molar-refractivity contribution in [2.45, 2.75) is 44.9 Å². The average molecular weight is 213 g/mol. The van der Waals surface area contributed by atoms with Crippen molar-refractivity contribution in [2.75, 3.05) is 6.54 Å². The van der Waals surface area contributed by atoms with Crippen LogP contribution in [0.2, 0.25) is 0 Å². The third-order valence-electron chi connectivity index (χ3n) is 2.84. The smallest absolute Gasteiger partial charge is 0.303 e. The van der Waals surface area contributed by atoms with Crippen LogP contribution in [0.5, 0.6) is 0 Å². The molecule has 1 fully saturated rings. The van der Waals surface area contributed by atoms with Crippen molar-refractivity contribution in [3.05, 3.63) is 0 Å². The molecule has 0 saturated heterocycles. The van der Waals surface area contributed by atoms with E-state index in [4.69, 9.17) is 5.11 Å². The first-order valence-electron chi connectivity index (χ1n) is 5.67.